The molecule has 42 heavy (non-hydrogen) atoms. The third kappa shape index (κ3) is 6.83. The lowest BCUT2D eigenvalue weighted by molar-refractivity contribution is 0.102. The van der Waals surface area contributed by atoms with E-state index in [4.69, 9.17) is 20.8 Å². The number of fused-ring (bicyclic) bond motifs is 1. The lowest BCUT2D eigenvalue weighted by atomic mass is 10.1. The number of carbonyl (C=O) groups excluding carboxylic acids is 1. The highest BCUT2D eigenvalue weighted by molar-refractivity contribution is 6.74. The largest absolute Gasteiger partial charge is 0.465 e. The summed E-state index contributed by atoms with van der Waals surface area (Å²) in [7, 11) is -0.621. The maximum Gasteiger partial charge on any atom is 0.404 e. The van der Waals surface area contributed by atoms with E-state index >= 15 is 4.39 Å². The van der Waals surface area contributed by atoms with Crippen LogP contribution in [0.25, 0.3) is 10.9 Å². The summed E-state index contributed by atoms with van der Waals surface area (Å²) < 4.78 is 29.0. The Morgan fingerprint density at radius 1 is 1.31 bits per heavy atom. The number of methoxy groups -OCH3 is 1. The van der Waals surface area contributed by atoms with Gasteiger partial charge in [-0.25, -0.2) is 19.2 Å². The molecule has 15 heteroatoms. The average molecular weight is 622 g/mol. The Morgan fingerprint density at radius 2 is 2.05 bits per heavy atom. The molecule has 3 heterocycles. The minimum Gasteiger partial charge on any atom is -0.465 e. The minimum absolute atomic E-state index is 0.00176. The summed E-state index contributed by atoms with van der Waals surface area (Å²) in [5.41, 5.74) is 0.923. The first-order valence-electron chi connectivity index (χ1n) is 13.6. The van der Waals surface area contributed by atoms with Gasteiger partial charge in [-0.05, 0) is 42.2 Å². The number of anilines is 2. The molecule has 2 atom stereocenters. The maximum atomic E-state index is 15.7. The van der Waals surface area contributed by atoms with Gasteiger partial charge in [0.2, 0.25) is 5.28 Å². The second-order valence-corrected chi connectivity index (χ2v) is 16.9. The molecule has 3 aromatic rings. The molecule has 1 saturated heterocycles. The Balaban J connectivity index is 1.82. The zero-order chi connectivity index (χ0) is 30.8. The average Bonchev–Trinajstić information content (AvgIpc) is 3.49. The molecular weight excluding hydrogens is 585 g/mol. The van der Waals surface area contributed by atoms with Crippen molar-refractivity contribution in [2.75, 3.05) is 37.1 Å². The van der Waals surface area contributed by atoms with Crippen molar-refractivity contribution in [2.45, 2.75) is 64.0 Å². The maximum absolute atomic E-state index is 15.7. The van der Waals surface area contributed by atoms with Crippen LogP contribution >= 0.6 is 11.6 Å². The van der Waals surface area contributed by atoms with E-state index in [-0.39, 0.29) is 39.8 Å². The van der Waals surface area contributed by atoms with Crippen molar-refractivity contribution < 1.29 is 28.2 Å². The number of rotatable bonds is 10. The molecule has 2 amide bonds. The summed E-state index contributed by atoms with van der Waals surface area (Å²) in [5.74, 6) is -1.20. The number of ether oxygens (including phenoxy) is 1. The zero-order valence-corrected chi connectivity index (χ0v) is 26.3. The van der Waals surface area contributed by atoms with Crippen molar-refractivity contribution in [3.8, 4) is 0 Å². The van der Waals surface area contributed by atoms with Crippen LogP contribution in [0.4, 0.5) is 20.6 Å². The Hall–Kier alpha value is -3.33. The van der Waals surface area contributed by atoms with Crippen molar-refractivity contribution in [2.24, 2.45) is 0 Å². The second kappa shape index (κ2) is 12.5. The third-order valence-electron chi connectivity index (χ3n) is 7.93. The molecule has 1 aliphatic rings. The number of amides is 2. The van der Waals surface area contributed by atoms with E-state index in [9.17, 15) is 14.7 Å². The molecule has 1 aliphatic heterocycles. The molecule has 0 radical (unpaired) electrons. The monoisotopic (exact) mass is 621 g/mol. The summed E-state index contributed by atoms with van der Waals surface area (Å²) in [5, 5.41) is 19.6. The van der Waals surface area contributed by atoms with Crippen LogP contribution in [0.5, 0.6) is 0 Å². The van der Waals surface area contributed by atoms with E-state index in [1.54, 1.807) is 13.3 Å². The number of carbonyl (C=O) groups is 2. The molecule has 0 unspecified atom stereocenters. The van der Waals surface area contributed by atoms with Gasteiger partial charge in [-0.1, -0.05) is 20.8 Å². The molecular formula is C27H37ClFN7O5Si. The van der Waals surface area contributed by atoms with Gasteiger partial charge < -0.3 is 29.8 Å². The van der Waals surface area contributed by atoms with Gasteiger partial charge in [-0.3, -0.25) is 9.48 Å². The third-order valence-corrected chi connectivity index (χ3v) is 12.6. The molecule has 3 N–H and O–H groups in total. The topological polar surface area (TPSA) is 144 Å². The summed E-state index contributed by atoms with van der Waals surface area (Å²) in [6.45, 7) is 11.9. The van der Waals surface area contributed by atoms with Gasteiger partial charge in [-0.2, -0.15) is 5.10 Å². The van der Waals surface area contributed by atoms with Gasteiger partial charge in [-0.15, -0.1) is 0 Å². The number of hydrogen-bond acceptors (Lipinski definition) is 8. The van der Waals surface area contributed by atoms with Crippen LogP contribution in [-0.4, -0.2) is 84.1 Å². The summed E-state index contributed by atoms with van der Waals surface area (Å²) in [6, 6.07) is 1.93. The van der Waals surface area contributed by atoms with Gasteiger partial charge in [0.1, 0.15) is 11.2 Å². The Bertz CT molecular complexity index is 1460. The number of carboxylic acid groups (broad SMARTS) is 1. The van der Waals surface area contributed by atoms with E-state index in [0.717, 1.165) is 0 Å². The van der Waals surface area contributed by atoms with Gasteiger partial charge in [0.05, 0.1) is 49.4 Å². The molecule has 1 fully saturated rings. The number of halogens is 2. The molecule has 1 aromatic carbocycles. The number of hydrogen-bond donors (Lipinski definition) is 3. The fourth-order valence-corrected chi connectivity index (χ4v) is 5.96. The second-order valence-electron chi connectivity index (χ2n) is 11.8. The Morgan fingerprint density at radius 3 is 2.69 bits per heavy atom. The van der Waals surface area contributed by atoms with Gasteiger partial charge >= 0.3 is 6.09 Å². The van der Waals surface area contributed by atoms with Gasteiger partial charge in [0.15, 0.2) is 14.1 Å². The summed E-state index contributed by atoms with van der Waals surface area (Å²) >= 11 is 5.90. The van der Waals surface area contributed by atoms with E-state index in [0.29, 0.717) is 37.3 Å². The fraction of sp³-hybridized carbons (Fsp3) is 0.519. The lowest BCUT2D eigenvalue weighted by Gasteiger charge is -2.38. The minimum atomic E-state index is -2.17. The normalized spacial score (nSPS) is 17.6. The van der Waals surface area contributed by atoms with Gasteiger partial charge in [0.25, 0.3) is 5.91 Å². The molecule has 0 aliphatic carbocycles. The first kappa shape index (κ1) is 31.6. The molecule has 2 aromatic heterocycles. The van der Waals surface area contributed by atoms with Crippen molar-refractivity contribution in [1.82, 2.24) is 25.1 Å². The van der Waals surface area contributed by atoms with E-state index in [2.05, 4.69) is 59.6 Å². The molecule has 0 spiro atoms. The molecule has 0 saturated carbocycles. The smallest absolute Gasteiger partial charge is 0.404 e. The molecule has 4 rings (SSSR count). The van der Waals surface area contributed by atoms with E-state index < -0.39 is 32.2 Å². The van der Waals surface area contributed by atoms with E-state index in [1.165, 1.54) is 23.0 Å². The van der Waals surface area contributed by atoms with Crippen LogP contribution in [0, 0.1) is 5.82 Å². The standard InChI is InChI=1S/C27H37ClFN7O5Si/c1-27(2,3)42(5,6)41-15-17-11-16(32-26(38)39)14-35(17)23-18-13-31-36(9-10-40-4)22(18)19(29)12-21(23)33-24(37)20-7-8-30-25(28)34-20/h7-8,12-13,16-17,32H,9-11,14-15H2,1-6H3,(H,33,37)(H,38,39)/t16-,17-/m0/s1. The highest BCUT2D eigenvalue weighted by Crippen LogP contribution is 2.42. The number of nitrogens with one attached hydrogen (secondary N) is 2. The Kier molecular flexibility index (Phi) is 9.40. The van der Waals surface area contributed by atoms with Crippen LogP contribution in [0.2, 0.25) is 23.4 Å². The first-order valence-corrected chi connectivity index (χ1v) is 16.9. The lowest BCUT2D eigenvalue weighted by Crippen LogP contribution is -2.45. The summed E-state index contributed by atoms with van der Waals surface area (Å²) in [4.78, 5) is 34.6. The molecule has 12 nitrogen and oxygen atoms in total. The number of aromatic nitrogens is 4. The van der Waals surface area contributed by atoms with Crippen LogP contribution in [0.3, 0.4) is 0 Å². The van der Waals surface area contributed by atoms with Crippen molar-refractivity contribution in [3.05, 3.63) is 41.3 Å². The first-order chi connectivity index (χ1) is 19.7. The highest BCUT2D eigenvalue weighted by Gasteiger charge is 2.41. The zero-order valence-electron chi connectivity index (χ0n) is 24.6. The molecule has 228 valence electrons. The van der Waals surface area contributed by atoms with Crippen molar-refractivity contribution >= 4 is 54.2 Å². The van der Waals surface area contributed by atoms with Crippen LogP contribution < -0.4 is 15.5 Å². The number of nitrogens with zero attached hydrogens (tertiary/aromatic N) is 5. The van der Waals surface area contributed by atoms with Crippen LogP contribution in [-0.2, 0) is 15.7 Å². The van der Waals surface area contributed by atoms with E-state index in [1.807, 2.05) is 4.90 Å². The van der Waals surface area contributed by atoms with Gasteiger partial charge in [0, 0.05) is 31.3 Å². The molecule has 0 bridgehead atoms. The highest BCUT2D eigenvalue weighted by atomic mass is 35.5. The predicted octanol–water partition coefficient (Wildman–Crippen LogP) is 4.75. The SMILES string of the molecule is COCCn1ncc2c(N3C[C@@H](NC(=O)O)C[C@H]3CO[Si](C)(C)C(C)(C)C)c(NC(=O)c3ccnc(Cl)n3)cc(F)c21. The Labute approximate surface area is 249 Å². The fourth-order valence-electron chi connectivity index (χ4n) is 4.77. The van der Waals surface area contributed by atoms with Crippen LogP contribution in [0.15, 0.2) is 24.5 Å². The van der Waals surface area contributed by atoms with Crippen molar-refractivity contribution in [3.63, 3.8) is 0 Å². The quantitative estimate of drug-likeness (QED) is 0.216. The predicted molar refractivity (Wildman–Crippen MR) is 160 cm³/mol. The summed E-state index contributed by atoms with van der Waals surface area (Å²) in [6.07, 6.45) is 2.21. The van der Waals surface area contributed by atoms with Crippen molar-refractivity contribution in [1.29, 1.82) is 0 Å². The number of benzene rings is 1. The van der Waals surface area contributed by atoms with Crippen LogP contribution in [0.1, 0.15) is 37.7 Å².